The summed E-state index contributed by atoms with van der Waals surface area (Å²) in [6.07, 6.45) is -0.365. The van der Waals surface area contributed by atoms with E-state index in [0.29, 0.717) is 4.47 Å². The van der Waals surface area contributed by atoms with Gasteiger partial charge in [-0.25, -0.2) is 4.79 Å². The molecule has 0 N–H and O–H groups in total. The molecule has 0 atom stereocenters. The van der Waals surface area contributed by atoms with Crippen molar-refractivity contribution in [3.8, 4) is 0 Å². The number of benzene rings is 1. The maximum atomic E-state index is 11.5. The molecular weight excluding hydrogens is 306 g/mol. The van der Waals surface area contributed by atoms with Gasteiger partial charge in [-0.1, -0.05) is 22.0 Å². The first-order chi connectivity index (χ1) is 8.47. The molecule has 0 aliphatic rings. The minimum atomic E-state index is -0.984. The van der Waals surface area contributed by atoms with Crippen molar-refractivity contribution in [2.24, 2.45) is 0 Å². The molecule has 0 fully saturated rings. The van der Waals surface area contributed by atoms with Gasteiger partial charge in [0.25, 0.3) is 5.69 Å². The van der Waals surface area contributed by atoms with Crippen molar-refractivity contribution in [2.75, 3.05) is 6.61 Å². The van der Waals surface area contributed by atoms with Crippen LogP contribution in [0.25, 0.3) is 0 Å². The van der Waals surface area contributed by atoms with Crippen LogP contribution in [0.5, 0.6) is 0 Å². The fourth-order valence-electron chi connectivity index (χ4n) is 1.34. The van der Waals surface area contributed by atoms with Gasteiger partial charge in [-0.2, -0.15) is 0 Å². The number of carbonyl (C=O) groups is 2. The van der Waals surface area contributed by atoms with E-state index in [9.17, 15) is 19.7 Å². The lowest BCUT2D eigenvalue weighted by molar-refractivity contribution is -0.385. The van der Waals surface area contributed by atoms with E-state index >= 15 is 0 Å². The number of nitro groups is 1. The van der Waals surface area contributed by atoms with Gasteiger partial charge < -0.3 is 4.74 Å². The molecular formula is C11H10BrNO5. The lowest BCUT2D eigenvalue weighted by Gasteiger charge is -2.04. The van der Waals surface area contributed by atoms with Crippen LogP contribution in [-0.4, -0.2) is 23.3 Å². The van der Waals surface area contributed by atoms with Crippen LogP contribution in [0, 0.1) is 10.1 Å². The molecule has 1 rings (SSSR count). The lowest BCUT2D eigenvalue weighted by atomic mass is 10.1. The van der Waals surface area contributed by atoms with Crippen molar-refractivity contribution in [3.63, 3.8) is 0 Å². The Morgan fingerprint density at radius 3 is 2.67 bits per heavy atom. The summed E-state index contributed by atoms with van der Waals surface area (Å²) in [5.74, 6) is -1.80. The third-order valence-corrected chi connectivity index (χ3v) is 2.87. The van der Waals surface area contributed by atoms with Crippen LogP contribution < -0.4 is 0 Å². The first-order valence-electron chi connectivity index (χ1n) is 5.09. The van der Waals surface area contributed by atoms with E-state index in [4.69, 9.17) is 0 Å². The molecule has 0 spiro atoms. The number of esters is 1. The van der Waals surface area contributed by atoms with Crippen molar-refractivity contribution >= 4 is 33.4 Å². The zero-order valence-corrected chi connectivity index (χ0v) is 11.1. The Balaban J connectivity index is 3.00. The van der Waals surface area contributed by atoms with E-state index in [1.54, 1.807) is 13.0 Å². The highest BCUT2D eigenvalue weighted by molar-refractivity contribution is 9.10. The molecule has 0 radical (unpaired) electrons. The van der Waals surface area contributed by atoms with Gasteiger partial charge in [0, 0.05) is 10.5 Å². The molecule has 0 saturated heterocycles. The summed E-state index contributed by atoms with van der Waals surface area (Å²) < 4.78 is 4.95. The van der Waals surface area contributed by atoms with E-state index in [2.05, 4.69) is 20.7 Å². The number of Topliss-reactive ketones (excluding diaryl/α,β-unsaturated/α-hetero) is 1. The molecule has 0 aromatic heterocycles. The summed E-state index contributed by atoms with van der Waals surface area (Å²) in [6, 6.07) is 4.33. The molecule has 96 valence electrons. The average Bonchev–Trinajstić information content (AvgIpc) is 2.31. The normalized spacial score (nSPS) is 9.89. The number of hydrogen-bond acceptors (Lipinski definition) is 5. The van der Waals surface area contributed by atoms with Crippen molar-refractivity contribution < 1.29 is 19.2 Å². The van der Waals surface area contributed by atoms with Crippen molar-refractivity contribution in [2.45, 2.75) is 13.3 Å². The number of nitro benzene ring substituents is 1. The zero-order chi connectivity index (χ0) is 13.7. The van der Waals surface area contributed by atoms with Crippen LogP contribution in [0.15, 0.2) is 22.7 Å². The Bertz CT molecular complexity index is 500. The molecule has 6 nitrogen and oxygen atoms in total. The third-order valence-electron chi connectivity index (χ3n) is 2.13. The van der Waals surface area contributed by atoms with Gasteiger partial charge in [0.05, 0.1) is 23.5 Å². The van der Waals surface area contributed by atoms with Crippen molar-refractivity contribution in [1.29, 1.82) is 0 Å². The Hall–Kier alpha value is -1.76. The molecule has 1 aromatic rings. The molecule has 1 aromatic carbocycles. The number of nitrogens with zero attached hydrogens (tertiary/aromatic N) is 1. The number of ketones is 1. The molecule has 0 amide bonds. The molecule has 0 heterocycles. The fourth-order valence-corrected chi connectivity index (χ4v) is 1.83. The van der Waals surface area contributed by atoms with Crippen LogP contribution in [0.2, 0.25) is 0 Å². The second-order valence-corrected chi connectivity index (χ2v) is 4.17. The summed E-state index contributed by atoms with van der Waals surface area (Å²) in [5.41, 5.74) is -0.0393. The van der Waals surface area contributed by atoms with Gasteiger partial charge >= 0.3 is 5.97 Å². The molecule has 7 heteroatoms. The van der Waals surface area contributed by atoms with Gasteiger partial charge in [-0.15, -0.1) is 0 Å². The minimum absolute atomic E-state index is 0.0859. The summed E-state index contributed by atoms with van der Waals surface area (Å²) in [6.45, 7) is 1.66. The van der Waals surface area contributed by atoms with Crippen LogP contribution in [-0.2, 0) is 20.7 Å². The number of hydrogen-bond donors (Lipinski definition) is 0. The highest BCUT2D eigenvalue weighted by atomic mass is 79.9. The van der Waals surface area contributed by atoms with E-state index in [1.807, 2.05) is 0 Å². The molecule has 18 heavy (non-hydrogen) atoms. The second kappa shape index (κ2) is 6.25. The predicted octanol–water partition coefficient (Wildman–Crippen LogP) is 2.03. The highest BCUT2D eigenvalue weighted by Gasteiger charge is 2.23. The van der Waals surface area contributed by atoms with Crippen molar-refractivity contribution in [1.82, 2.24) is 0 Å². The summed E-state index contributed by atoms with van der Waals surface area (Å²) >= 11 is 3.12. The maximum Gasteiger partial charge on any atom is 0.374 e. The Kier molecular flexibility index (Phi) is 4.96. The van der Waals surface area contributed by atoms with Crippen LogP contribution in [0.3, 0.4) is 0 Å². The quantitative estimate of drug-likeness (QED) is 0.359. The lowest BCUT2D eigenvalue weighted by Crippen LogP contribution is -2.20. The van der Waals surface area contributed by atoms with Gasteiger partial charge in [-0.3, -0.25) is 14.9 Å². The Morgan fingerprint density at radius 1 is 1.44 bits per heavy atom. The highest BCUT2D eigenvalue weighted by Crippen LogP contribution is 2.27. The standard InChI is InChI=1S/C11H10BrNO5/c1-2-18-11(15)10(14)6-7-8(12)4-3-5-9(7)13(16)17/h3-5H,2,6H2,1H3. The van der Waals surface area contributed by atoms with E-state index < -0.39 is 16.7 Å². The average molecular weight is 316 g/mol. The number of halogens is 1. The Morgan fingerprint density at radius 2 is 2.11 bits per heavy atom. The monoisotopic (exact) mass is 315 g/mol. The smallest absolute Gasteiger partial charge is 0.374 e. The SMILES string of the molecule is CCOC(=O)C(=O)Cc1c(Br)cccc1[N+](=O)[O-]. The summed E-state index contributed by atoms with van der Waals surface area (Å²) in [5, 5.41) is 10.8. The predicted molar refractivity (Wildman–Crippen MR) is 66.1 cm³/mol. The minimum Gasteiger partial charge on any atom is -0.460 e. The van der Waals surface area contributed by atoms with Gasteiger partial charge in [-0.05, 0) is 13.0 Å². The van der Waals surface area contributed by atoms with Gasteiger partial charge in [0.15, 0.2) is 0 Å². The van der Waals surface area contributed by atoms with E-state index in [0.717, 1.165) is 0 Å². The molecule has 0 aliphatic heterocycles. The second-order valence-electron chi connectivity index (χ2n) is 3.32. The third kappa shape index (κ3) is 3.36. The van der Waals surface area contributed by atoms with Gasteiger partial charge in [0.1, 0.15) is 0 Å². The maximum absolute atomic E-state index is 11.5. The topological polar surface area (TPSA) is 86.5 Å². The van der Waals surface area contributed by atoms with Crippen LogP contribution in [0.4, 0.5) is 5.69 Å². The summed E-state index contributed by atoms with van der Waals surface area (Å²) in [4.78, 5) is 32.9. The largest absolute Gasteiger partial charge is 0.460 e. The van der Waals surface area contributed by atoms with E-state index in [1.165, 1.54) is 12.1 Å². The van der Waals surface area contributed by atoms with Crippen molar-refractivity contribution in [3.05, 3.63) is 38.3 Å². The van der Waals surface area contributed by atoms with E-state index in [-0.39, 0.29) is 24.3 Å². The number of ether oxygens (including phenoxy) is 1. The number of carbonyl (C=O) groups excluding carboxylic acids is 2. The molecule has 0 bridgehead atoms. The van der Waals surface area contributed by atoms with Gasteiger partial charge in [0.2, 0.25) is 5.78 Å². The Labute approximate surface area is 111 Å². The molecule has 0 saturated carbocycles. The first kappa shape index (κ1) is 14.3. The summed E-state index contributed by atoms with van der Waals surface area (Å²) in [7, 11) is 0. The molecule has 0 unspecified atom stereocenters. The first-order valence-corrected chi connectivity index (χ1v) is 5.88. The van der Waals surface area contributed by atoms with Crippen LogP contribution >= 0.6 is 15.9 Å². The fraction of sp³-hybridized carbons (Fsp3) is 0.273. The zero-order valence-electron chi connectivity index (χ0n) is 9.51. The number of rotatable bonds is 5. The van der Waals surface area contributed by atoms with Crippen LogP contribution in [0.1, 0.15) is 12.5 Å². The molecule has 0 aliphatic carbocycles.